The van der Waals surface area contributed by atoms with Gasteiger partial charge in [-0.25, -0.2) is 0 Å². The van der Waals surface area contributed by atoms with E-state index in [0.29, 0.717) is 0 Å². The SMILES string of the molecule is COc1cc2cnoc2cc1C. The summed E-state index contributed by atoms with van der Waals surface area (Å²) in [5.74, 6) is 0.866. The first kappa shape index (κ1) is 7.16. The number of hydrogen-bond acceptors (Lipinski definition) is 3. The van der Waals surface area contributed by atoms with Gasteiger partial charge >= 0.3 is 0 Å². The van der Waals surface area contributed by atoms with Crippen LogP contribution in [0.4, 0.5) is 0 Å². The average molecular weight is 163 g/mol. The highest BCUT2D eigenvalue weighted by Crippen LogP contribution is 2.24. The number of nitrogens with zero attached hydrogens (tertiary/aromatic N) is 1. The van der Waals surface area contributed by atoms with Gasteiger partial charge in [-0.1, -0.05) is 5.16 Å². The molecule has 1 heterocycles. The van der Waals surface area contributed by atoms with Gasteiger partial charge in [0.2, 0.25) is 0 Å². The van der Waals surface area contributed by atoms with E-state index in [9.17, 15) is 0 Å². The molecule has 0 N–H and O–H groups in total. The topological polar surface area (TPSA) is 35.3 Å². The van der Waals surface area contributed by atoms with Gasteiger partial charge in [0.1, 0.15) is 5.75 Å². The van der Waals surface area contributed by atoms with Crippen LogP contribution in [0.2, 0.25) is 0 Å². The van der Waals surface area contributed by atoms with Crippen LogP contribution in [0.3, 0.4) is 0 Å². The molecule has 1 aromatic carbocycles. The lowest BCUT2D eigenvalue weighted by Gasteiger charge is -2.02. The molecule has 0 atom stereocenters. The molecule has 0 aliphatic heterocycles. The Morgan fingerprint density at radius 1 is 1.42 bits per heavy atom. The fraction of sp³-hybridized carbons (Fsp3) is 0.222. The van der Waals surface area contributed by atoms with Crippen molar-refractivity contribution in [3.63, 3.8) is 0 Å². The van der Waals surface area contributed by atoms with Crippen LogP contribution in [-0.2, 0) is 0 Å². The Balaban J connectivity index is 2.73. The monoisotopic (exact) mass is 163 g/mol. The molecule has 0 amide bonds. The predicted octanol–water partition coefficient (Wildman–Crippen LogP) is 2.14. The zero-order valence-electron chi connectivity index (χ0n) is 7.00. The Bertz CT molecular complexity index is 406. The number of aromatic nitrogens is 1. The number of rotatable bonds is 1. The van der Waals surface area contributed by atoms with Crippen molar-refractivity contribution in [2.24, 2.45) is 0 Å². The van der Waals surface area contributed by atoms with E-state index in [-0.39, 0.29) is 0 Å². The molecule has 3 nitrogen and oxygen atoms in total. The Morgan fingerprint density at radius 3 is 3.00 bits per heavy atom. The summed E-state index contributed by atoms with van der Waals surface area (Å²) in [6.45, 7) is 1.97. The van der Waals surface area contributed by atoms with Gasteiger partial charge < -0.3 is 9.26 Å². The second kappa shape index (κ2) is 2.52. The van der Waals surface area contributed by atoms with Crippen molar-refractivity contribution in [1.29, 1.82) is 0 Å². The van der Waals surface area contributed by atoms with Gasteiger partial charge in [0.25, 0.3) is 0 Å². The molecule has 0 aliphatic rings. The Hall–Kier alpha value is -1.51. The first-order valence-corrected chi connectivity index (χ1v) is 3.70. The predicted molar refractivity (Wildman–Crippen MR) is 45.3 cm³/mol. The molecular formula is C9H9NO2. The lowest BCUT2D eigenvalue weighted by Crippen LogP contribution is -1.85. The highest BCUT2D eigenvalue weighted by atomic mass is 16.5. The Morgan fingerprint density at radius 2 is 2.25 bits per heavy atom. The zero-order valence-corrected chi connectivity index (χ0v) is 7.00. The molecule has 2 rings (SSSR count). The molecule has 3 heteroatoms. The largest absolute Gasteiger partial charge is 0.496 e. The third-order valence-electron chi connectivity index (χ3n) is 1.87. The van der Waals surface area contributed by atoms with E-state index < -0.39 is 0 Å². The number of hydrogen-bond donors (Lipinski definition) is 0. The maximum absolute atomic E-state index is 5.15. The summed E-state index contributed by atoms with van der Waals surface area (Å²) in [5.41, 5.74) is 1.86. The Kier molecular flexibility index (Phi) is 1.50. The van der Waals surface area contributed by atoms with Crippen molar-refractivity contribution >= 4 is 11.0 Å². The van der Waals surface area contributed by atoms with Gasteiger partial charge in [-0.2, -0.15) is 0 Å². The first-order valence-electron chi connectivity index (χ1n) is 3.70. The molecular weight excluding hydrogens is 154 g/mol. The fourth-order valence-electron chi connectivity index (χ4n) is 1.22. The zero-order chi connectivity index (χ0) is 8.55. The van der Waals surface area contributed by atoms with Crippen molar-refractivity contribution in [2.45, 2.75) is 6.92 Å². The standard InChI is InChI=1S/C9H9NO2/c1-6-3-9-7(5-10-12-9)4-8(6)11-2/h3-5H,1-2H3. The fourth-order valence-corrected chi connectivity index (χ4v) is 1.22. The summed E-state index contributed by atoms with van der Waals surface area (Å²) in [5, 5.41) is 4.66. The summed E-state index contributed by atoms with van der Waals surface area (Å²) < 4.78 is 10.1. The van der Waals surface area contributed by atoms with Crippen LogP contribution in [0, 0.1) is 6.92 Å². The normalized spacial score (nSPS) is 10.5. The molecule has 1 aromatic heterocycles. The van der Waals surface area contributed by atoms with E-state index in [4.69, 9.17) is 9.26 Å². The molecule has 0 fully saturated rings. The molecule has 0 radical (unpaired) electrons. The molecule has 0 spiro atoms. The minimum absolute atomic E-state index is 0.799. The molecule has 0 unspecified atom stereocenters. The van der Waals surface area contributed by atoms with Crippen LogP contribution in [0.25, 0.3) is 11.0 Å². The number of methoxy groups -OCH3 is 1. The Labute approximate surface area is 69.9 Å². The van der Waals surface area contributed by atoms with E-state index in [2.05, 4.69) is 5.16 Å². The lowest BCUT2D eigenvalue weighted by molar-refractivity contribution is 0.411. The van der Waals surface area contributed by atoms with Gasteiger partial charge in [-0.05, 0) is 24.6 Å². The lowest BCUT2D eigenvalue weighted by atomic mass is 10.2. The molecule has 62 valence electrons. The van der Waals surface area contributed by atoms with Crippen LogP contribution in [0.1, 0.15) is 5.56 Å². The van der Waals surface area contributed by atoms with Crippen molar-refractivity contribution in [1.82, 2.24) is 5.16 Å². The van der Waals surface area contributed by atoms with Crippen LogP contribution in [0.15, 0.2) is 22.9 Å². The number of benzene rings is 1. The van der Waals surface area contributed by atoms with Crippen LogP contribution in [0.5, 0.6) is 5.75 Å². The van der Waals surface area contributed by atoms with E-state index >= 15 is 0 Å². The van der Waals surface area contributed by atoms with Crippen LogP contribution >= 0.6 is 0 Å². The van der Waals surface area contributed by atoms with Crippen LogP contribution < -0.4 is 4.74 Å². The molecule has 0 bridgehead atoms. The van der Waals surface area contributed by atoms with Crippen molar-refractivity contribution < 1.29 is 9.26 Å². The van der Waals surface area contributed by atoms with Gasteiger partial charge in [0.05, 0.1) is 13.3 Å². The number of ether oxygens (including phenoxy) is 1. The molecule has 2 aromatic rings. The van der Waals surface area contributed by atoms with E-state index in [1.165, 1.54) is 0 Å². The molecule has 0 saturated carbocycles. The second-order valence-corrected chi connectivity index (χ2v) is 2.69. The summed E-state index contributed by atoms with van der Waals surface area (Å²) in [6.07, 6.45) is 1.68. The van der Waals surface area contributed by atoms with E-state index in [1.807, 2.05) is 19.1 Å². The quantitative estimate of drug-likeness (QED) is 0.646. The third kappa shape index (κ3) is 0.942. The highest BCUT2D eigenvalue weighted by Gasteiger charge is 2.03. The van der Waals surface area contributed by atoms with Gasteiger partial charge in [-0.3, -0.25) is 0 Å². The summed E-state index contributed by atoms with van der Waals surface area (Å²) >= 11 is 0. The maximum Gasteiger partial charge on any atom is 0.167 e. The number of aryl methyl sites for hydroxylation is 1. The van der Waals surface area contributed by atoms with E-state index in [1.54, 1.807) is 13.3 Å². The number of fused-ring (bicyclic) bond motifs is 1. The van der Waals surface area contributed by atoms with Gasteiger partial charge in [0.15, 0.2) is 5.58 Å². The summed E-state index contributed by atoms with van der Waals surface area (Å²) in [7, 11) is 1.65. The van der Waals surface area contributed by atoms with E-state index in [0.717, 1.165) is 22.3 Å². The first-order chi connectivity index (χ1) is 5.81. The average Bonchev–Trinajstić information content (AvgIpc) is 2.49. The summed E-state index contributed by atoms with van der Waals surface area (Å²) in [4.78, 5) is 0. The third-order valence-corrected chi connectivity index (χ3v) is 1.87. The minimum atomic E-state index is 0.799. The molecule has 0 saturated heterocycles. The van der Waals surface area contributed by atoms with Crippen LogP contribution in [-0.4, -0.2) is 12.3 Å². The van der Waals surface area contributed by atoms with Gasteiger partial charge in [0, 0.05) is 5.39 Å². The van der Waals surface area contributed by atoms with Crippen molar-refractivity contribution in [3.8, 4) is 5.75 Å². The smallest absolute Gasteiger partial charge is 0.167 e. The molecule has 0 aliphatic carbocycles. The van der Waals surface area contributed by atoms with Crippen molar-refractivity contribution in [3.05, 3.63) is 23.9 Å². The maximum atomic E-state index is 5.15. The molecule has 12 heavy (non-hydrogen) atoms. The summed E-state index contributed by atoms with van der Waals surface area (Å²) in [6, 6.07) is 3.84. The minimum Gasteiger partial charge on any atom is -0.496 e. The highest BCUT2D eigenvalue weighted by molar-refractivity contribution is 5.78. The van der Waals surface area contributed by atoms with Gasteiger partial charge in [-0.15, -0.1) is 0 Å². The second-order valence-electron chi connectivity index (χ2n) is 2.69. The van der Waals surface area contributed by atoms with Crippen molar-refractivity contribution in [2.75, 3.05) is 7.11 Å².